The molecule has 1 aromatic heterocycles. The number of benzene rings is 2. The van der Waals surface area contributed by atoms with Gasteiger partial charge in [0, 0.05) is 27.3 Å². The Bertz CT molecular complexity index is 914. The summed E-state index contributed by atoms with van der Waals surface area (Å²) in [6, 6.07) is 12.1. The minimum Gasteiger partial charge on any atom is -0.361 e. The standard InChI is InChI=1S/C18H14BrFN2O/c19-11-2-1-3-13(8-11)22-17(23)18(6-7-18)15-10-21-16-5-4-12(20)9-14(15)16/h1-5,8-10,21H,6-7H2,(H,22,23). The van der Waals surface area contributed by atoms with E-state index in [9.17, 15) is 9.18 Å². The molecule has 1 amide bonds. The molecule has 2 N–H and O–H groups in total. The molecule has 2 aromatic carbocycles. The maximum absolute atomic E-state index is 13.6. The molecule has 1 fully saturated rings. The summed E-state index contributed by atoms with van der Waals surface area (Å²) < 4.78 is 14.5. The van der Waals surface area contributed by atoms with Crippen LogP contribution in [0.3, 0.4) is 0 Å². The number of amides is 1. The van der Waals surface area contributed by atoms with Gasteiger partial charge in [0.1, 0.15) is 5.82 Å². The van der Waals surface area contributed by atoms with Gasteiger partial charge < -0.3 is 10.3 Å². The number of anilines is 1. The summed E-state index contributed by atoms with van der Waals surface area (Å²) in [4.78, 5) is 15.9. The van der Waals surface area contributed by atoms with Crippen molar-refractivity contribution < 1.29 is 9.18 Å². The summed E-state index contributed by atoms with van der Waals surface area (Å²) in [6.45, 7) is 0. The minimum absolute atomic E-state index is 0.0410. The molecule has 0 aliphatic heterocycles. The number of rotatable bonds is 3. The summed E-state index contributed by atoms with van der Waals surface area (Å²) in [5.41, 5.74) is 1.91. The predicted octanol–water partition coefficient (Wildman–Crippen LogP) is 4.74. The second-order valence-corrected chi connectivity index (χ2v) is 6.85. The van der Waals surface area contributed by atoms with Gasteiger partial charge in [0.05, 0.1) is 5.41 Å². The largest absolute Gasteiger partial charge is 0.361 e. The van der Waals surface area contributed by atoms with E-state index in [0.717, 1.165) is 39.5 Å². The van der Waals surface area contributed by atoms with Crippen LogP contribution in [0.15, 0.2) is 53.1 Å². The van der Waals surface area contributed by atoms with E-state index in [-0.39, 0.29) is 11.7 Å². The number of H-pyrrole nitrogens is 1. The Morgan fingerprint density at radius 1 is 1.22 bits per heavy atom. The van der Waals surface area contributed by atoms with Crippen LogP contribution in [0.25, 0.3) is 10.9 Å². The van der Waals surface area contributed by atoms with Crippen molar-refractivity contribution in [3.63, 3.8) is 0 Å². The Kier molecular flexibility index (Phi) is 3.27. The van der Waals surface area contributed by atoms with Crippen molar-refractivity contribution in [1.29, 1.82) is 0 Å². The number of aromatic nitrogens is 1. The van der Waals surface area contributed by atoms with Crippen LogP contribution in [0.4, 0.5) is 10.1 Å². The fourth-order valence-electron chi connectivity index (χ4n) is 3.05. The van der Waals surface area contributed by atoms with Crippen LogP contribution in [0.5, 0.6) is 0 Å². The first kappa shape index (κ1) is 14.5. The summed E-state index contributed by atoms with van der Waals surface area (Å²) in [6.07, 6.45) is 3.38. The maximum atomic E-state index is 13.6. The van der Waals surface area contributed by atoms with E-state index in [1.807, 2.05) is 30.5 Å². The monoisotopic (exact) mass is 372 g/mol. The van der Waals surface area contributed by atoms with Gasteiger partial charge in [0.2, 0.25) is 5.91 Å². The van der Waals surface area contributed by atoms with E-state index < -0.39 is 5.41 Å². The zero-order valence-corrected chi connectivity index (χ0v) is 13.8. The third kappa shape index (κ3) is 2.45. The second-order valence-electron chi connectivity index (χ2n) is 5.94. The molecule has 0 unspecified atom stereocenters. The highest BCUT2D eigenvalue weighted by molar-refractivity contribution is 9.10. The van der Waals surface area contributed by atoms with Gasteiger partial charge in [0.15, 0.2) is 0 Å². The van der Waals surface area contributed by atoms with Gasteiger partial charge >= 0.3 is 0 Å². The molecular formula is C18H14BrFN2O. The quantitative estimate of drug-likeness (QED) is 0.685. The SMILES string of the molecule is O=C(Nc1cccc(Br)c1)C1(c2c[nH]c3ccc(F)cc23)CC1. The predicted molar refractivity (Wildman–Crippen MR) is 91.9 cm³/mol. The highest BCUT2D eigenvalue weighted by Crippen LogP contribution is 2.51. The molecular weight excluding hydrogens is 359 g/mol. The van der Waals surface area contributed by atoms with E-state index in [0.29, 0.717) is 0 Å². The van der Waals surface area contributed by atoms with Crippen molar-refractivity contribution in [2.45, 2.75) is 18.3 Å². The van der Waals surface area contributed by atoms with E-state index in [4.69, 9.17) is 0 Å². The number of fused-ring (bicyclic) bond motifs is 1. The molecule has 116 valence electrons. The highest BCUT2D eigenvalue weighted by atomic mass is 79.9. The Balaban J connectivity index is 1.69. The normalized spacial score (nSPS) is 15.6. The van der Waals surface area contributed by atoms with E-state index in [2.05, 4.69) is 26.2 Å². The van der Waals surface area contributed by atoms with Crippen LogP contribution in [0, 0.1) is 5.82 Å². The lowest BCUT2D eigenvalue weighted by Crippen LogP contribution is -2.27. The van der Waals surface area contributed by atoms with Gasteiger partial charge in [-0.2, -0.15) is 0 Å². The molecule has 23 heavy (non-hydrogen) atoms. The third-order valence-corrected chi connectivity index (χ3v) is 4.92. The van der Waals surface area contributed by atoms with Crippen molar-refractivity contribution in [2.24, 2.45) is 0 Å². The van der Waals surface area contributed by atoms with Crippen LogP contribution >= 0.6 is 15.9 Å². The molecule has 1 heterocycles. The number of carbonyl (C=O) groups excluding carboxylic acids is 1. The number of halogens is 2. The second kappa shape index (κ2) is 5.20. The average molecular weight is 373 g/mol. The Morgan fingerprint density at radius 2 is 2.04 bits per heavy atom. The molecule has 1 aliphatic carbocycles. The fraction of sp³-hybridized carbons (Fsp3) is 0.167. The number of nitrogens with one attached hydrogen (secondary N) is 2. The van der Waals surface area contributed by atoms with Crippen molar-refractivity contribution >= 4 is 38.4 Å². The number of hydrogen-bond donors (Lipinski definition) is 2. The summed E-state index contributed by atoms with van der Waals surface area (Å²) in [7, 11) is 0. The van der Waals surface area contributed by atoms with Gasteiger partial charge in [-0.25, -0.2) is 4.39 Å². The molecule has 1 aliphatic rings. The van der Waals surface area contributed by atoms with Gasteiger partial charge in [-0.3, -0.25) is 4.79 Å². The first-order chi connectivity index (χ1) is 11.1. The van der Waals surface area contributed by atoms with Crippen LogP contribution in [-0.2, 0) is 10.2 Å². The van der Waals surface area contributed by atoms with Crippen LogP contribution in [0.1, 0.15) is 18.4 Å². The summed E-state index contributed by atoms with van der Waals surface area (Å²) in [5.74, 6) is -0.331. The Labute approximate surface area is 141 Å². The Morgan fingerprint density at radius 3 is 2.78 bits per heavy atom. The fourth-order valence-corrected chi connectivity index (χ4v) is 3.45. The topological polar surface area (TPSA) is 44.9 Å². The molecule has 3 aromatic rings. The van der Waals surface area contributed by atoms with Crippen LogP contribution in [-0.4, -0.2) is 10.9 Å². The van der Waals surface area contributed by atoms with Crippen LogP contribution < -0.4 is 5.32 Å². The van der Waals surface area contributed by atoms with Gasteiger partial charge in [-0.15, -0.1) is 0 Å². The molecule has 5 heteroatoms. The molecule has 3 nitrogen and oxygen atoms in total. The molecule has 4 rings (SSSR count). The molecule has 0 radical (unpaired) electrons. The van der Waals surface area contributed by atoms with E-state index in [1.165, 1.54) is 12.1 Å². The third-order valence-electron chi connectivity index (χ3n) is 4.43. The molecule has 0 saturated heterocycles. The highest BCUT2D eigenvalue weighted by Gasteiger charge is 2.52. The lowest BCUT2D eigenvalue weighted by atomic mass is 9.94. The summed E-state index contributed by atoms with van der Waals surface area (Å²) >= 11 is 3.40. The average Bonchev–Trinajstić information content (AvgIpc) is 3.22. The summed E-state index contributed by atoms with van der Waals surface area (Å²) in [5, 5.41) is 3.76. The van der Waals surface area contributed by atoms with Gasteiger partial charge in [-0.05, 0) is 54.8 Å². The first-order valence-corrected chi connectivity index (χ1v) is 8.22. The van der Waals surface area contributed by atoms with E-state index >= 15 is 0 Å². The first-order valence-electron chi connectivity index (χ1n) is 7.43. The van der Waals surface area contributed by atoms with Crippen molar-refractivity contribution in [1.82, 2.24) is 4.98 Å². The van der Waals surface area contributed by atoms with Crippen molar-refractivity contribution in [2.75, 3.05) is 5.32 Å². The molecule has 0 bridgehead atoms. The lowest BCUT2D eigenvalue weighted by molar-refractivity contribution is -0.118. The van der Waals surface area contributed by atoms with Gasteiger partial charge in [-0.1, -0.05) is 22.0 Å². The zero-order chi connectivity index (χ0) is 16.0. The molecule has 0 atom stereocenters. The maximum Gasteiger partial charge on any atom is 0.235 e. The smallest absolute Gasteiger partial charge is 0.235 e. The number of hydrogen-bond acceptors (Lipinski definition) is 1. The number of carbonyl (C=O) groups is 1. The Hall–Kier alpha value is -2.14. The van der Waals surface area contributed by atoms with Crippen molar-refractivity contribution in [3.05, 3.63) is 64.5 Å². The van der Waals surface area contributed by atoms with Gasteiger partial charge in [0.25, 0.3) is 0 Å². The van der Waals surface area contributed by atoms with E-state index in [1.54, 1.807) is 6.07 Å². The van der Waals surface area contributed by atoms with Crippen LogP contribution in [0.2, 0.25) is 0 Å². The lowest BCUT2D eigenvalue weighted by Gasteiger charge is -2.15. The minimum atomic E-state index is -0.561. The number of aromatic amines is 1. The zero-order valence-electron chi connectivity index (χ0n) is 12.2. The molecule has 1 saturated carbocycles. The van der Waals surface area contributed by atoms with Crippen molar-refractivity contribution in [3.8, 4) is 0 Å². The molecule has 0 spiro atoms.